The minimum atomic E-state index is -0.255. The number of benzene rings is 1. The molecule has 0 bridgehead atoms. The van der Waals surface area contributed by atoms with Crippen LogP contribution in [-0.4, -0.2) is 36.6 Å². The molecular weight excluding hydrogens is 428 g/mol. The molecule has 0 spiro atoms. The number of hydrazine groups is 1. The zero-order chi connectivity index (χ0) is 23.0. The Kier molecular flexibility index (Phi) is 12.4. The molecule has 1 aromatic carbocycles. The van der Waals surface area contributed by atoms with E-state index in [-0.39, 0.29) is 11.8 Å². The molecule has 1 aromatic heterocycles. The second kappa shape index (κ2) is 15.3. The summed E-state index contributed by atoms with van der Waals surface area (Å²) in [6.45, 7) is 4.90. The molecule has 2 amide bonds. The Labute approximate surface area is 195 Å². The van der Waals surface area contributed by atoms with E-state index in [9.17, 15) is 9.59 Å². The molecule has 7 nitrogen and oxygen atoms in total. The van der Waals surface area contributed by atoms with Crippen molar-refractivity contribution in [3.05, 3.63) is 64.4 Å². The maximum atomic E-state index is 12.2. The Balaban J connectivity index is 1.58. The summed E-state index contributed by atoms with van der Waals surface area (Å²) in [4.78, 5) is 28.3. The minimum absolute atomic E-state index is 0.190. The number of rotatable bonds is 15. The van der Waals surface area contributed by atoms with Crippen molar-refractivity contribution in [1.29, 1.82) is 0 Å². The van der Waals surface area contributed by atoms with Gasteiger partial charge >= 0.3 is 0 Å². The molecule has 3 N–H and O–H groups in total. The van der Waals surface area contributed by atoms with E-state index >= 15 is 0 Å². The van der Waals surface area contributed by atoms with Crippen molar-refractivity contribution < 1.29 is 14.3 Å². The molecular formula is C24H33ClN4O3. The first kappa shape index (κ1) is 25.8. The van der Waals surface area contributed by atoms with Gasteiger partial charge in [0.05, 0.1) is 10.6 Å². The average molecular weight is 461 g/mol. The third-order valence-corrected chi connectivity index (χ3v) is 5.03. The number of halogens is 1. The number of pyridine rings is 1. The zero-order valence-electron chi connectivity index (χ0n) is 18.7. The van der Waals surface area contributed by atoms with Crippen LogP contribution in [0.15, 0.2) is 42.7 Å². The molecule has 0 atom stereocenters. The monoisotopic (exact) mass is 460 g/mol. The summed E-state index contributed by atoms with van der Waals surface area (Å²) in [5.74, 6) is -0.445. The van der Waals surface area contributed by atoms with E-state index in [4.69, 9.17) is 16.3 Å². The van der Waals surface area contributed by atoms with Gasteiger partial charge in [0.15, 0.2) is 0 Å². The van der Waals surface area contributed by atoms with Crippen molar-refractivity contribution in [2.45, 2.75) is 52.0 Å². The Hall–Kier alpha value is -2.48. The third kappa shape index (κ3) is 10.2. The van der Waals surface area contributed by atoms with Crippen LogP contribution < -0.4 is 16.2 Å². The number of amides is 2. The molecule has 0 unspecified atom stereocenters. The van der Waals surface area contributed by atoms with Gasteiger partial charge in [0, 0.05) is 44.3 Å². The van der Waals surface area contributed by atoms with Crippen LogP contribution >= 0.6 is 11.6 Å². The van der Waals surface area contributed by atoms with Crippen LogP contribution in [0, 0.1) is 0 Å². The molecule has 8 heteroatoms. The lowest BCUT2D eigenvalue weighted by Gasteiger charge is -2.09. The Morgan fingerprint density at radius 3 is 2.41 bits per heavy atom. The number of hydrogen-bond acceptors (Lipinski definition) is 5. The molecule has 0 aliphatic heterocycles. The van der Waals surface area contributed by atoms with Crippen LogP contribution in [0.2, 0.25) is 5.02 Å². The average Bonchev–Trinajstić information content (AvgIpc) is 2.81. The highest BCUT2D eigenvalue weighted by molar-refractivity contribution is 6.30. The SMILES string of the molecule is CCCCCOCCCCCNNC(=O)c1ccc(CNC(=O)c2cncc(Cl)c2)cc1. The van der Waals surface area contributed by atoms with E-state index in [1.165, 1.54) is 25.2 Å². The normalized spacial score (nSPS) is 10.7. The molecule has 1 heterocycles. The Morgan fingerprint density at radius 2 is 1.69 bits per heavy atom. The molecule has 0 fully saturated rings. The molecule has 0 aliphatic carbocycles. The van der Waals surface area contributed by atoms with Gasteiger partial charge in [0.1, 0.15) is 0 Å². The maximum Gasteiger partial charge on any atom is 0.265 e. The third-order valence-electron chi connectivity index (χ3n) is 4.82. The molecule has 0 aliphatic rings. The molecule has 2 aromatic rings. The first-order valence-corrected chi connectivity index (χ1v) is 11.6. The van der Waals surface area contributed by atoms with Crippen LogP contribution in [0.25, 0.3) is 0 Å². The van der Waals surface area contributed by atoms with E-state index < -0.39 is 0 Å². The number of unbranched alkanes of at least 4 members (excludes halogenated alkanes) is 4. The van der Waals surface area contributed by atoms with Crippen LogP contribution in [-0.2, 0) is 11.3 Å². The zero-order valence-corrected chi connectivity index (χ0v) is 19.4. The molecule has 0 radical (unpaired) electrons. The van der Waals surface area contributed by atoms with E-state index in [2.05, 4.69) is 28.1 Å². The summed E-state index contributed by atoms with van der Waals surface area (Å²) in [6.07, 6.45) is 9.58. The Bertz CT molecular complexity index is 830. The van der Waals surface area contributed by atoms with Crippen molar-refractivity contribution in [2.24, 2.45) is 0 Å². The molecule has 174 valence electrons. The van der Waals surface area contributed by atoms with Gasteiger partial charge in [0.2, 0.25) is 0 Å². The number of carbonyl (C=O) groups is 2. The summed E-state index contributed by atoms with van der Waals surface area (Å²) in [5, 5.41) is 3.22. The molecule has 0 saturated carbocycles. The maximum absolute atomic E-state index is 12.2. The number of nitrogens with one attached hydrogen (secondary N) is 3. The van der Waals surface area contributed by atoms with Gasteiger partial charge in [-0.05, 0) is 49.4 Å². The highest BCUT2D eigenvalue weighted by Crippen LogP contribution is 2.09. The van der Waals surface area contributed by atoms with Gasteiger partial charge in [-0.2, -0.15) is 0 Å². The largest absolute Gasteiger partial charge is 0.381 e. The highest BCUT2D eigenvalue weighted by atomic mass is 35.5. The molecule has 32 heavy (non-hydrogen) atoms. The fraction of sp³-hybridized carbons (Fsp3) is 0.458. The summed E-state index contributed by atoms with van der Waals surface area (Å²) in [5.41, 5.74) is 7.51. The minimum Gasteiger partial charge on any atom is -0.381 e. The summed E-state index contributed by atoms with van der Waals surface area (Å²) < 4.78 is 5.58. The fourth-order valence-corrected chi connectivity index (χ4v) is 3.13. The number of aromatic nitrogens is 1. The van der Waals surface area contributed by atoms with Gasteiger partial charge in [-0.15, -0.1) is 0 Å². The van der Waals surface area contributed by atoms with Crippen LogP contribution in [0.5, 0.6) is 0 Å². The quantitative estimate of drug-likeness (QED) is 0.272. The fourth-order valence-electron chi connectivity index (χ4n) is 2.96. The topological polar surface area (TPSA) is 92.4 Å². The van der Waals surface area contributed by atoms with Gasteiger partial charge in [0.25, 0.3) is 11.8 Å². The smallest absolute Gasteiger partial charge is 0.265 e. The number of hydrogen-bond donors (Lipinski definition) is 3. The number of nitrogens with zero attached hydrogens (tertiary/aromatic N) is 1. The van der Waals surface area contributed by atoms with Gasteiger partial charge in [-0.3, -0.25) is 20.0 Å². The van der Waals surface area contributed by atoms with E-state index in [1.807, 2.05) is 12.1 Å². The lowest BCUT2D eigenvalue weighted by molar-refractivity contribution is 0.0928. The van der Waals surface area contributed by atoms with Crippen molar-refractivity contribution >= 4 is 23.4 Å². The van der Waals surface area contributed by atoms with Crippen molar-refractivity contribution in [3.63, 3.8) is 0 Å². The van der Waals surface area contributed by atoms with Gasteiger partial charge in [-0.25, -0.2) is 5.43 Å². The second-order valence-electron chi connectivity index (χ2n) is 7.53. The van der Waals surface area contributed by atoms with Crippen LogP contribution in [0.1, 0.15) is 71.7 Å². The van der Waals surface area contributed by atoms with Gasteiger partial charge < -0.3 is 10.1 Å². The lowest BCUT2D eigenvalue weighted by Crippen LogP contribution is -2.37. The summed E-state index contributed by atoms with van der Waals surface area (Å²) >= 11 is 5.86. The highest BCUT2D eigenvalue weighted by Gasteiger charge is 2.08. The summed E-state index contributed by atoms with van der Waals surface area (Å²) in [6, 6.07) is 8.65. The molecule has 2 rings (SSSR count). The second-order valence-corrected chi connectivity index (χ2v) is 7.97. The Morgan fingerprint density at radius 1 is 0.938 bits per heavy atom. The van der Waals surface area contributed by atoms with Crippen molar-refractivity contribution in [2.75, 3.05) is 19.8 Å². The van der Waals surface area contributed by atoms with Crippen LogP contribution in [0.3, 0.4) is 0 Å². The van der Waals surface area contributed by atoms with E-state index in [0.29, 0.717) is 29.2 Å². The first-order valence-electron chi connectivity index (χ1n) is 11.2. The number of carbonyl (C=O) groups excluding carboxylic acids is 2. The van der Waals surface area contributed by atoms with Crippen molar-refractivity contribution in [3.8, 4) is 0 Å². The van der Waals surface area contributed by atoms with E-state index in [1.54, 1.807) is 18.2 Å². The van der Waals surface area contributed by atoms with E-state index in [0.717, 1.165) is 44.5 Å². The predicted molar refractivity (Wildman–Crippen MR) is 127 cm³/mol. The predicted octanol–water partition coefficient (Wildman–Crippen LogP) is 4.28. The number of ether oxygens (including phenoxy) is 1. The van der Waals surface area contributed by atoms with Crippen LogP contribution in [0.4, 0.5) is 0 Å². The lowest BCUT2D eigenvalue weighted by atomic mass is 10.1. The standard InChI is InChI=1S/C24H33ClN4O3/c1-2-3-6-13-32-14-7-4-5-12-28-29-24(31)20-10-8-19(9-11-20)16-27-23(30)21-15-22(25)18-26-17-21/h8-11,15,17-18,28H,2-7,12-14,16H2,1H3,(H,27,30)(H,29,31). The van der Waals surface area contributed by atoms with Crippen molar-refractivity contribution in [1.82, 2.24) is 21.2 Å². The first-order chi connectivity index (χ1) is 15.6. The van der Waals surface area contributed by atoms with Gasteiger partial charge in [-0.1, -0.05) is 43.5 Å². The molecule has 0 saturated heterocycles. The summed E-state index contributed by atoms with van der Waals surface area (Å²) in [7, 11) is 0.